The molecule has 4 heteroatoms. The quantitative estimate of drug-likeness (QED) is 0.859. The Morgan fingerprint density at radius 1 is 1.30 bits per heavy atom. The van der Waals surface area contributed by atoms with Gasteiger partial charge in [-0.15, -0.1) is 0 Å². The van der Waals surface area contributed by atoms with Crippen molar-refractivity contribution in [3.8, 4) is 0 Å². The number of fused-ring (bicyclic) bond motifs is 1. The number of nitrogens with zero attached hydrogens (tertiary/aromatic N) is 3. The first-order chi connectivity index (χ1) is 9.40. The first-order valence-corrected chi connectivity index (χ1v) is 7.14. The van der Waals surface area contributed by atoms with Gasteiger partial charge in [0.15, 0.2) is 0 Å². The second kappa shape index (κ2) is 5.65. The summed E-state index contributed by atoms with van der Waals surface area (Å²) < 4.78 is 1.98. The van der Waals surface area contributed by atoms with E-state index in [1.54, 1.807) is 0 Å². The lowest BCUT2D eigenvalue weighted by molar-refractivity contribution is -0.134. The predicted octanol–water partition coefficient (Wildman–Crippen LogP) is 2.83. The molecule has 0 spiro atoms. The third-order valence-electron chi connectivity index (χ3n) is 3.46. The third-order valence-corrected chi connectivity index (χ3v) is 3.46. The Kier molecular flexibility index (Phi) is 4.12. The van der Waals surface area contributed by atoms with Crippen molar-refractivity contribution >= 4 is 11.6 Å². The van der Waals surface area contributed by atoms with Gasteiger partial charge in [0.1, 0.15) is 5.65 Å². The van der Waals surface area contributed by atoms with E-state index in [2.05, 4.69) is 4.98 Å². The first-order valence-electron chi connectivity index (χ1n) is 7.14. The molecule has 0 unspecified atom stereocenters. The molecule has 0 aliphatic carbocycles. The van der Waals surface area contributed by atoms with Crippen LogP contribution in [0, 0.1) is 6.92 Å². The highest BCUT2D eigenvalue weighted by molar-refractivity contribution is 5.79. The van der Waals surface area contributed by atoms with Gasteiger partial charge in [-0.05, 0) is 46.2 Å². The Bertz CT molecular complexity index is 605. The monoisotopic (exact) mass is 273 g/mol. The van der Waals surface area contributed by atoms with Crippen molar-refractivity contribution in [3.63, 3.8) is 0 Å². The van der Waals surface area contributed by atoms with Crippen LogP contribution in [-0.4, -0.2) is 32.3 Å². The fourth-order valence-electron chi connectivity index (χ4n) is 2.71. The van der Waals surface area contributed by atoms with E-state index in [1.807, 2.05) is 68.4 Å². The number of aromatic nitrogens is 2. The van der Waals surface area contributed by atoms with Crippen molar-refractivity contribution in [1.82, 2.24) is 14.3 Å². The molecule has 0 bridgehead atoms. The molecule has 0 aliphatic heterocycles. The minimum absolute atomic E-state index is 0.135. The summed E-state index contributed by atoms with van der Waals surface area (Å²) in [6.45, 7) is 10.2. The van der Waals surface area contributed by atoms with Crippen molar-refractivity contribution in [2.45, 2.75) is 53.1 Å². The van der Waals surface area contributed by atoms with Crippen LogP contribution in [0.2, 0.25) is 0 Å². The summed E-state index contributed by atoms with van der Waals surface area (Å²) in [5, 5.41) is 0. The fourth-order valence-corrected chi connectivity index (χ4v) is 2.71. The summed E-state index contributed by atoms with van der Waals surface area (Å²) in [7, 11) is 0. The van der Waals surface area contributed by atoms with Gasteiger partial charge >= 0.3 is 0 Å². The zero-order valence-electron chi connectivity index (χ0n) is 12.9. The summed E-state index contributed by atoms with van der Waals surface area (Å²) in [6.07, 6.45) is 4.27. The number of rotatable bonds is 4. The Morgan fingerprint density at radius 2 is 1.95 bits per heavy atom. The van der Waals surface area contributed by atoms with Gasteiger partial charge in [0.25, 0.3) is 0 Å². The molecule has 2 aromatic rings. The molecular formula is C16H23N3O. The van der Waals surface area contributed by atoms with Crippen LogP contribution in [-0.2, 0) is 11.2 Å². The van der Waals surface area contributed by atoms with Crippen molar-refractivity contribution in [1.29, 1.82) is 0 Å². The van der Waals surface area contributed by atoms with Crippen LogP contribution in [0.1, 0.15) is 39.0 Å². The number of aryl methyl sites for hydroxylation is 1. The zero-order valence-corrected chi connectivity index (χ0v) is 12.9. The first kappa shape index (κ1) is 14.6. The Hall–Kier alpha value is -1.84. The maximum absolute atomic E-state index is 12.4. The number of imidazole rings is 1. The van der Waals surface area contributed by atoms with Gasteiger partial charge in [-0.3, -0.25) is 4.79 Å². The number of amides is 1. The molecule has 0 aliphatic rings. The molecule has 2 aromatic heterocycles. The number of pyridine rings is 1. The molecule has 0 radical (unpaired) electrons. The van der Waals surface area contributed by atoms with Crippen LogP contribution < -0.4 is 0 Å². The largest absolute Gasteiger partial charge is 0.338 e. The molecule has 0 atom stereocenters. The fraction of sp³-hybridized carbons (Fsp3) is 0.500. The molecule has 0 fully saturated rings. The van der Waals surface area contributed by atoms with Gasteiger partial charge in [-0.2, -0.15) is 0 Å². The molecule has 0 aromatic carbocycles. The summed E-state index contributed by atoms with van der Waals surface area (Å²) in [5.41, 5.74) is 2.88. The standard InChI is InChI=1S/C16H23N3O/c1-11(2)19(12(3)4)15(20)9-14-10-18-8-6-7-13(5)16(18)17-14/h6-8,10-12H,9H2,1-5H3. The molecule has 108 valence electrons. The summed E-state index contributed by atoms with van der Waals surface area (Å²) in [4.78, 5) is 18.9. The number of carbonyl (C=O) groups is 1. The van der Waals surface area contributed by atoms with Crippen molar-refractivity contribution < 1.29 is 4.79 Å². The molecule has 0 saturated carbocycles. The highest BCUT2D eigenvalue weighted by Gasteiger charge is 2.21. The molecule has 2 heterocycles. The molecule has 4 nitrogen and oxygen atoms in total. The summed E-state index contributed by atoms with van der Waals surface area (Å²) in [6, 6.07) is 4.44. The van der Waals surface area contributed by atoms with Crippen LogP contribution in [0.5, 0.6) is 0 Å². The predicted molar refractivity (Wildman–Crippen MR) is 80.8 cm³/mol. The lowest BCUT2D eigenvalue weighted by Crippen LogP contribution is -2.42. The average molecular weight is 273 g/mol. The lowest BCUT2D eigenvalue weighted by atomic mass is 10.2. The Balaban J connectivity index is 2.23. The summed E-state index contributed by atoms with van der Waals surface area (Å²) >= 11 is 0. The third kappa shape index (κ3) is 2.84. The van der Waals surface area contributed by atoms with Crippen LogP contribution in [0.4, 0.5) is 0 Å². The smallest absolute Gasteiger partial charge is 0.229 e. The minimum Gasteiger partial charge on any atom is -0.338 e. The van der Waals surface area contributed by atoms with E-state index >= 15 is 0 Å². The summed E-state index contributed by atoms with van der Waals surface area (Å²) in [5.74, 6) is 0.135. The molecule has 0 saturated heterocycles. The van der Waals surface area contributed by atoms with E-state index in [4.69, 9.17) is 0 Å². The van der Waals surface area contributed by atoms with E-state index < -0.39 is 0 Å². The van der Waals surface area contributed by atoms with Gasteiger partial charge in [-0.25, -0.2) is 4.98 Å². The molecule has 2 rings (SSSR count). The molecule has 1 amide bonds. The molecule has 0 N–H and O–H groups in total. The van der Waals surface area contributed by atoms with Gasteiger partial charge in [-0.1, -0.05) is 6.07 Å². The van der Waals surface area contributed by atoms with E-state index in [0.29, 0.717) is 6.42 Å². The van der Waals surface area contributed by atoms with E-state index in [9.17, 15) is 4.79 Å². The van der Waals surface area contributed by atoms with E-state index in [-0.39, 0.29) is 18.0 Å². The van der Waals surface area contributed by atoms with E-state index in [0.717, 1.165) is 16.9 Å². The number of hydrogen-bond acceptors (Lipinski definition) is 2. The van der Waals surface area contributed by atoms with Crippen LogP contribution >= 0.6 is 0 Å². The average Bonchev–Trinajstić information content (AvgIpc) is 2.71. The number of carbonyl (C=O) groups excluding carboxylic acids is 1. The van der Waals surface area contributed by atoms with Crippen molar-refractivity contribution in [3.05, 3.63) is 35.8 Å². The maximum Gasteiger partial charge on any atom is 0.229 e. The van der Waals surface area contributed by atoms with Gasteiger partial charge in [0.05, 0.1) is 12.1 Å². The number of hydrogen-bond donors (Lipinski definition) is 0. The zero-order chi connectivity index (χ0) is 14.9. The second-order valence-corrected chi connectivity index (χ2v) is 5.82. The highest BCUT2D eigenvalue weighted by Crippen LogP contribution is 2.13. The van der Waals surface area contributed by atoms with Crippen molar-refractivity contribution in [2.24, 2.45) is 0 Å². The van der Waals surface area contributed by atoms with Crippen LogP contribution in [0.25, 0.3) is 5.65 Å². The molecule has 20 heavy (non-hydrogen) atoms. The van der Waals surface area contributed by atoms with Gasteiger partial charge in [0, 0.05) is 24.5 Å². The maximum atomic E-state index is 12.4. The Labute approximate surface area is 120 Å². The van der Waals surface area contributed by atoms with Crippen LogP contribution in [0.15, 0.2) is 24.5 Å². The Morgan fingerprint density at radius 3 is 2.50 bits per heavy atom. The van der Waals surface area contributed by atoms with Crippen molar-refractivity contribution in [2.75, 3.05) is 0 Å². The van der Waals surface area contributed by atoms with E-state index in [1.165, 1.54) is 0 Å². The second-order valence-electron chi connectivity index (χ2n) is 5.82. The van der Waals surface area contributed by atoms with Gasteiger partial charge in [0.2, 0.25) is 5.91 Å². The SMILES string of the molecule is Cc1cccn2cc(CC(=O)N(C(C)C)C(C)C)nc12. The minimum atomic E-state index is 0.135. The molecular weight excluding hydrogens is 250 g/mol. The highest BCUT2D eigenvalue weighted by atomic mass is 16.2. The topological polar surface area (TPSA) is 37.6 Å². The van der Waals surface area contributed by atoms with Gasteiger partial charge < -0.3 is 9.30 Å². The normalized spacial score (nSPS) is 11.6. The lowest BCUT2D eigenvalue weighted by Gasteiger charge is -2.30. The van der Waals surface area contributed by atoms with Crippen LogP contribution in [0.3, 0.4) is 0 Å².